The molecule has 7 aromatic rings. The Balaban J connectivity index is 1.41. The van der Waals surface area contributed by atoms with Crippen molar-refractivity contribution in [1.82, 2.24) is 4.57 Å². The van der Waals surface area contributed by atoms with E-state index in [4.69, 9.17) is 0 Å². The molecule has 0 amide bonds. The molecule has 0 fully saturated rings. The lowest BCUT2D eigenvalue weighted by molar-refractivity contribution is 1.17. The van der Waals surface area contributed by atoms with Crippen molar-refractivity contribution >= 4 is 67.4 Å². The summed E-state index contributed by atoms with van der Waals surface area (Å²) >= 11 is 1.91. The first kappa shape index (κ1) is 23.7. The fraction of sp³-hybridized carbons (Fsp3) is 0.0811. The van der Waals surface area contributed by atoms with Crippen LogP contribution in [0.5, 0.6) is 0 Å². The number of para-hydroxylation sites is 1. The van der Waals surface area contributed by atoms with E-state index in [-0.39, 0.29) is 6.71 Å². The molecule has 0 bridgehead atoms. The molecule has 0 saturated heterocycles. The first-order valence-electron chi connectivity index (χ1n) is 14.0. The van der Waals surface area contributed by atoms with Gasteiger partial charge in [0.1, 0.15) is 0 Å². The van der Waals surface area contributed by atoms with Crippen molar-refractivity contribution in [3.8, 4) is 5.69 Å². The third kappa shape index (κ3) is 3.44. The van der Waals surface area contributed by atoms with Gasteiger partial charge in [0.25, 0.3) is 0 Å². The number of aryl methyl sites for hydroxylation is 3. The molecule has 1 aromatic heterocycles. The highest BCUT2D eigenvalue weighted by Gasteiger charge is 2.33. The van der Waals surface area contributed by atoms with Crippen LogP contribution in [0.3, 0.4) is 0 Å². The van der Waals surface area contributed by atoms with Crippen molar-refractivity contribution in [2.24, 2.45) is 0 Å². The number of fused-ring (bicyclic) bond motifs is 7. The number of hydrogen-bond acceptors (Lipinski definition) is 1. The van der Waals surface area contributed by atoms with E-state index in [9.17, 15) is 0 Å². The summed E-state index contributed by atoms with van der Waals surface area (Å²) in [6.45, 7) is 6.97. The van der Waals surface area contributed by atoms with Gasteiger partial charge >= 0.3 is 0 Å². The molecule has 0 N–H and O–H groups in total. The lowest BCUT2D eigenvalue weighted by Gasteiger charge is -2.29. The van der Waals surface area contributed by atoms with E-state index < -0.39 is 0 Å². The van der Waals surface area contributed by atoms with Gasteiger partial charge in [0.2, 0.25) is 6.71 Å². The van der Waals surface area contributed by atoms with Crippen LogP contribution < -0.4 is 16.4 Å². The maximum Gasteiger partial charge on any atom is 0.244 e. The van der Waals surface area contributed by atoms with Crippen LogP contribution in [-0.2, 0) is 0 Å². The molecule has 40 heavy (non-hydrogen) atoms. The SMILES string of the molecule is Cc1cc(C)c(B2c3ccccc3Sc3cc(-n4c5ccccc5c5ccc6ccccc6c54)ccc32)c(C)c1. The quantitative estimate of drug-likeness (QED) is 0.207. The zero-order chi connectivity index (χ0) is 27.0. The summed E-state index contributed by atoms with van der Waals surface area (Å²) in [5, 5.41) is 5.15. The minimum absolute atomic E-state index is 0.223. The van der Waals surface area contributed by atoms with E-state index in [1.165, 1.54) is 81.1 Å². The highest BCUT2D eigenvalue weighted by Crippen LogP contribution is 2.38. The van der Waals surface area contributed by atoms with Gasteiger partial charge in [-0.05, 0) is 50.4 Å². The van der Waals surface area contributed by atoms with Crippen LogP contribution in [0.15, 0.2) is 125 Å². The van der Waals surface area contributed by atoms with Crippen molar-refractivity contribution in [3.05, 3.63) is 132 Å². The molecule has 6 aromatic carbocycles. The topological polar surface area (TPSA) is 4.93 Å². The summed E-state index contributed by atoms with van der Waals surface area (Å²) < 4.78 is 2.48. The monoisotopic (exact) mass is 529 g/mol. The van der Waals surface area contributed by atoms with Crippen molar-refractivity contribution in [3.63, 3.8) is 0 Å². The second-order valence-electron chi connectivity index (χ2n) is 11.1. The number of aromatic nitrogens is 1. The maximum atomic E-state index is 2.48. The van der Waals surface area contributed by atoms with Crippen LogP contribution in [0.1, 0.15) is 16.7 Å². The molecule has 1 nitrogen and oxygen atoms in total. The van der Waals surface area contributed by atoms with Crippen LogP contribution in [-0.4, -0.2) is 11.3 Å². The van der Waals surface area contributed by atoms with Crippen molar-refractivity contribution in [2.45, 2.75) is 30.6 Å². The van der Waals surface area contributed by atoms with Gasteiger partial charge in [-0.25, -0.2) is 0 Å². The van der Waals surface area contributed by atoms with E-state index in [2.05, 4.69) is 141 Å². The van der Waals surface area contributed by atoms with Crippen LogP contribution >= 0.6 is 11.8 Å². The van der Waals surface area contributed by atoms with E-state index in [0.29, 0.717) is 0 Å². The van der Waals surface area contributed by atoms with Crippen molar-refractivity contribution < 1.29 is 0 Å². The first-order chi connectivity index (χ1) is 19.6. The Morgan fingerprint density at radius 1 is 0.575 bits per heavy atom. The Morgan fingerprint density at radius 2 is 1.27 bits per heavy atom. The molecule has 2 heterocycles. The first-order valence-corrected chi connectivity index (χ1v) is 14.8. The van der Waals surface area contributed by atoms with Gasteiger partial charge < -0.3 is 4.57 Å². The third-order valence-electron chi connectivity index (χ3n) is 8.60. The number of rotatable bonds is 2. The molecule has 0 aliphatic carbocycles. The van der Waals surface area contributed by atoms with Crippen LogP contribution in [0.4, 0.5) is 0 Å². The lowest BCUT2D eigenvalue weighted by atomic mass is 9.35. The van der Waals surface area contributed by atoms with E-state index in [0.717, 1.165) is 0 Å². The van der Waals surface area contributed by atoms with Gasteiger partial charge in [-0.2, -0.15) is 0 Å². The van der Waals surface area contributed by atoms with Crippen LogP contribution in [0.2, 0.25) is 0 Å². The number of hydrogen-bond donors (Lipinski definition) is 0. The van der Waals surface area contributed by atoms with Gasteiger partial charge in [0.15, 0.2) is 0 Å². The van der Waals surface area contributed by atoms with E-state index >= 15 is 0 Å². The normalized spacial score (nSPS) is 12.7. The Bertz CT molecular complexity index is 2110. The average molecular weight is 530 g/mol. The Labute approximate surface area is 239 Å². The smallest absolute Gasteiger partial charge is 0.244 e. The molecule has 1 aliphatic rings. The number of benzene rings is 6. The highest BCUT2D eigenvalue weighted by molar-refractivity contribution is 8.00. The van der Waals surface area contributed by atoms with Gasteiger partial charge in [0, 0.05) is 31.6 Å². The molecule has 0 atom stereocenters. The average Bonchev–Trinajstić information content (AvgIpc) is 3.31. The van der Waals surface area contributed by atoms with Crippen molar-refractivity contribution in [2.75, 3.05) is 0 Å². The largest absolute Gasteiger partial charge is 0.309 e. The van der Waals surface area contributed by atoms with Gasteiger partial charge in [0.05, 0.1) is 11.0 Å². The summed E-state index contributed by atoms with van der Waals surface area (Å²) in [5.74, 6) is 0. The fourth-order valence-electron chi connectivity index (χ4n) is 7.04. The third-order valence-corrected chi connectivity index (χ3v) is 9.77. The number of nitrogens with zero attached hydrogens (tertiary/aromatic N) is 1. The highest BCUT2D eigenvalue weighted by atomic mass is 32.2. The molecule has 190 valence electrons. The summed E-state index contributed by atoms with van der Waals surface area (Å²) in [7, 11) is 0. The summed E-state index contributed by atoms with van der Waals surface area (Å²) in [4.78, 5) is 2.69. The second-order valence-corrected chi connectivity index (χ2v) is 12.2. The van der Waals surface area contributed by atoms with Crippen LogP contribution in [0, 0.1) is 20.8 Å². The van der Waals surface area contributed by atoms with Crippen LogP contribution in [0.25, 0.3) is 38.3 Å². The molecule has 0 radical (unpaired) electrons. The van der Waals surface area contributed by atoms with Gasteiger partial charge in [-0.15, -0.1) is 0 Å². The Morgan fingerprint density at radius 3 is 2.12 bits per heavy atom. The molecular formula is C37H28BNS. The van der Waals surface area contributed by atoms with Gasteiger partial charge in [-0.1, -0.05) is 136 Å². The minimum Gasteiger partial charge on any atom is -0.309 e. The fourth-order valence-corrected chi connectivity index (χ4v) is 8.21. The molecule has 0 saturated carbocycles. The Kier molecular flexibility index (Phi) is 5.27. The predicted octanol–water partition coefficient (Wildman–Crippen LogP) is 7.84. The van der Waals surface area contributed by atoms with E-state index in [1.54, 1.807) is 0 Å². The molecule has 0 unspecified atom stereocenters. The second kappa shape index (κ2) is 8.91. The minimum atomic E-state index is 0.223. The summed E-state index contributed by atoms with van der Waals surface area (Å²) in [6.07, 6.45) is 0. The molecule has 3 heteroatoms. The molecular weight excluding hydrogens is 501 g/mol. The van der Waals surface area contributed by atoms with E-state index in [1.807, 2.05) is 11.8 Å². The standard InChI is InChI=1S/C37H28BNS/c1-23-20-24(2)36(25(3)21-23)38-31-13-7-9-15-34(31)40-35-22-27(17-19-32(35)38)39-33-14-8-6-12-29(33)30-18-16-26-10-4-5-11-28(26)37(30)39/h4-22H,1-3H3. The zero-order valence-corrected chi connectivity index (χ0v) is 23.7. The maximum absolute atomic E-state index is 2.48. The lowest BCUT2D eigenvalue weighted by Crippen LogP contribution is -2.56. The van der Waals surface area contributed by atoms with Gasteiger partial charge in [-0.3, -0.25) is 0 Å². The predicted molar refractivity (Wildman–Crippen MR) is 174 cm³/mol. The summed E-state index contributed by atoms with van der Waals surface area (Å²) in [5.41, 5.74) is 12.0. The van der Waals surface area contributed by atoms with Crippen molar-refractivity contribution in [1.29, 1.82) is 0 Å². The molecule has 0 spiro atoms. The zero-order valence-electron chi connectivity index (χ0n) is 22.9. The summed E-state index contributed by atoms with van der Waals surface area (Å²) in [6, 6.07) is 42.9. The molecule has 8 rings (SSSR count). The Hall–Kier alpha value is -4.21. The molecule has 1 aliphatic heterocycles.